The molecule has 2 N–H and O–H groups in total. The Morgan fingerprint density at radius 3 is 1.93 bits per heavy atom. The molecule has 2 nitrogen and oxygen atoms in total. The van der Waals surface area contributed by atoms with Gasteiger partial charge in [-0.3, -0.25) is 4.99 Å². The smallest absolute Gasteiger partial charge is 0.0695 e. The van der Waals surface area contributed by atoms with Gasteiger partial charge in [0.1, 0.15) is 0 Å². The highest BCUT2D eigenvalue weighted by Gasteiger charge is 2.22. The van der Waals surface area contributed by atoms with Gasteiger partial charge in [0.05, 0.1) is 5.71 Å². The van der Waals surface area contributed by atoms with Gasteiger partial charge in [-0.1, -0.05) is 5.57 Å². The summed E-state index contributed by atoms with van der Waals surface area (Å²) in [5, 5.41) is 0. The summed E-state index contributed by atoms with van der Waals surface area (Å²) >= 11 is 0. The monoisotopic (exact) mass is 204 g/mol. The molecule has 0 saturated carbocycles. The van der Waals surface area contributed by atoms with Gasteiger partial charge in [-0.05, 0) is 51.3 Å². The van der Waals surface area contributed by atoms with Gasteiger partial charge < -0.3 is 5.73 Å². The van der Waals surface area contributed by atoms with Crippen LogP contribution >= 0.6 is 0 Å². The highest BCUT2D eigenvalue weighted by atomic mass is 14.7. The third-order valence-corrected chi connectivity index (χ3v) is 3.06. The molecule has 0 aliphatic heterocycles. The summed E-state index contributed by atoms with van der Waals surface area (Å²) in [5.74, 6) is 0. The zero-order valence-corrected chi connectivity index (χ0v) is 10.5. The van der Waals surface area contributed by atoms with E-state index in [-0.39, 0.29) is 0 Å². The lowest BCUT2D eigenvalue weighted by atomic mass is 9.84. The number of allylic oxidation sites excluding steroid dienone is 5. The van der Waals surface area contributed by atoms with Crippen molar-refractivity contribution >= 4 is 5.71 Å². The Kier molecular flexibility index (Phi) is 3.18. The zero-order valence-electron chi connectivity index (χ0n) is 10.5. The number of hydrogen-bond acceptors (Lipinski definition) is 2. The molecule has 0 aromatic carbocycles. The average Bonchev–Trinajstić information content (AvgIpc) is 2.19. The first-order valence-electron chi connectivity index (χ1n) is 5.21. The maximum Gasteiger partial charge on any atom is 0.0695 e. The third kappa shape index (κ3) is 1.76. The first kappa shape index (κ1) is 11.8. The predicted octanol–water partition coefficient (Wildman–Crippen LogP) is 2.98. The number of nitrogens with two attached hydrogens (primary N) is 1. The van der Waals surface area contributed by atoms with Crippen molar-refractivity contribution in [1.82, 2.24) is 0 Å². The van der Waals surface area contributed by atoms with Crippen LogP contribution in [0.3, 0.4) is 0 Å². The summed E-state index contributed by atoms with van der Waals surface area (Å²) < 4.78 is 0. The first-order chi connectivity index (χ1) is 6.91. The lowest BCUT2D eigenvalue weighted by Gasteiger charge is -2.24. The molecule has 0 radical (unpaired) electrons. The molecule has 15 heavy (non-hydrogen) atoms. The maximum atomic E-state index is 6.06. The molecule has 0 heterocycles. The first-order valence-corrected chi connectivity index (χ1v) is 5.21. The van der Waals surface area contributed by atoms with Crippen LogP contribution in [0.15, 0.2) is 38.6 Å². The van der Waals surface area contributed by atoms with Crippen LogP contribution in [0, 0.1) is 0 Å². The van der Waals surface area contributed by atoms with E-state index in [4.69, 9.17) is 5.73 Å². The van der Waals surface area contributed by atoms with Crippen LogP contribution in [0.4, 0.5) is 0 Å². The Labute approximate surface area is 92.3 Å². The molecule has 82 valence electrons. The van der Waals surface area contributed by atoms with Gasteiger partial charge in [-0.15, -0.1) is 0 Å². The summed E-state index contributed by atoms with van der Waals surface area (Å²) in [6.07, 6.45) is 0. The minimum atomic E-state index is 0.873. The SMILES string of the molecule is C/N=C1\C(C)=C(N)C(C)=C(C)C1=C(C)C. The Morgan fingerprint density at radius 1 is 1.00 bits per heavy atom. The fourth-order valence-electron chi connectivity index (χ4n) is 2.05. The minimum absolute atomic E-state index is 0.873. The van der Waals surface area contributed by atoms with Crippen LogP contribution in [0.5, 0.6) is 0 Å². The van der Waals surface area contributed by atoms with Crippen molar-refractivity contribution in [2.24, 2.45) is 10.7 Å². The molecule has 1 rings (SSSR count). The van der Waals surface area contributed by atoms with Gasteiger partial charge in [-0.25, -0.2) is 0 Å². The Bertz CT molecular complexity index is 410. The highest BCUT2D eigenvalue weighted by Crippen LogP contribution is 2.31. The molecule has 0 amide bonds. The number of nitrogens with zero attached hydrogens (tertiary/aromatic N) is 1. The largest absolute Gasteiger partial charge is 0.398 e. The molecule has 0 bridgehead atoms. The van der Waals surface area contributed by atoms with E-state index in [2.05, 4.69) is 32.7 Å². The van der Waals surface area contributed by atoms with Crippen LogP contribution in [-0.2, 0) is 0 Å². The second kappa shape index (κ2) is 4.05. The van der Waals surface area contributed by atoms with Crippen LogP contribution < -0.4 is 5.73 Å². The molecule has 1 aliphatic carbocycles. The second-order valence-electron chi connectivity index (χ2n) is 4.24. The topological polar surface area (TPSA) is 38.4 Å². The summed E-state index contributed by atoms with van der Waals surface area (Å²) in [6, 6.07) is 0. The summed E-state index contributed by atoms with van der Waals surface area (Å²) in [7, 11) is 1.82. The molecule has 0 spiro atoms. The molecule has 1 aliphatic rings. The van der Waals surface area contributed by atoms with Crippen molar-refractivity contribution in [2.75, 3.05) is 7.05 Å². The summed E-state index contributed by atoms with van der Waals surface area (Å²) in [6.45, 7) is 10.5. The number of rotatable bonds is 0. The zero-order chi connectivity index (χ0) is 11.7. The van der Waals surface area contributed by atoms with Crippen LogP contribution in [0.1, 0.15) is 34.6 Å². The number of aliphatic imine (C=N–C) groups is 1. The summed E-state index contributed by atoms with van der Waals surface area (Å²) in [5.41, 5.74) is 14.0. The van der Waals surface area contributed by atoms with Gasteiger partial charge >= 0.3 is 0 Å². The second-order valence-corrected chi connectivity index (χ2v) is 4.24. The lowest BCUT2D eigenvalue weighted by molar-refractivity contribution is 1.14. The molecular weight excluding hydrogens is 184 g/mol. The van der Waals surface area contributed by atoms with Crippen molar-refractivity contribution in [3.63, 3.8) is 0 Å². The number of hydrogen-bond donors (Lipinski definition) is 1. The minimum Gasteiger partial charge on any atom is -0.398 e. The van der Waals surface area contributed by atoms with Gasteiger partial charge in [0.15, 0.2) is 0 Å². The maximum absolute atomic E-state index is 6.06. The van der Waals surface area contributed by atoms with Crippen LogP contribution in [-0.4, -0.2) is 12.8 Å². The molecule has 0 aromatic heterocycles. The van der Waals surface area contributed by atoms with Crippen molar-refractivity contribution in [3.8, 4) is 0 Å². The molecule has 0 saturated heterocycles. The molecular formula is C13H20N2. The van der Waals surface area contributed by atoms with Gasteiger partial charge in [-0.2, -0.15) is 0 Å². The summed E-state index contributed by atoms with van der Waals surface area (Å²) in [4.78, 5) is 4.35. The highest BCUT2D eigenvalue weighted by molar-refractivity contribution is 6.17. The van der Waals surface area contributed by atoms with Gasteiger partial charge in [0.2, 0.25) is 0 Å². The van der Waals surface area contributed by atoms with Crippen LogP contribution in [0.2, 0.25) is 0 Å². The Hall–Kier alpha value is -1.31. The van der Waals surface area contributed by atoms with E-state index in [1.54, 1.807) is 0 Å². The quantitative estimate of drug-likeness (QED) is 0.647. The van der Waals surface area contributed by atoms with Crippen molar-refractivity contribution < 1.29 is 0 Å². The van der Waals surface area contributed by atoms with E-state index >= 15 is 0 Å². The Balaban J connectivity index is 3.58. The predicted molar refractivity (Wildman–Crippen MR) is 67.0 cm³/mol. The van der Waals surface area contributed by atoms with Crippen molar-refractivity contribution in [2.45, 2.75) is 34.6 Å². The molecule has 0 atom stereocenters. The molecule has 0 fully saturated rings. The van der Waals surface area contributed by atoms with E-state index in [0.29, 0.717) is 0 Å². The van der Waals surface area contributed by atoms with Crippen molar-refractivity contribution in [1.29, 1.82) is 0 Å². The standard InChI is InChI=1S/C13H20N2/c1-7(2)11-8(3)9(4)12(14)10(5)13(11)15-6/h14H2,1-6H3/b15-13+. The van der Waals surface area contributed by atoms with Crippen LogP contribution in [0.25, 0.3) is 0 Å². The third-order valence-electron chi connectivity index (χ3n) is 3.06. The van der Waals surface area contributed by atoms with E-state index in [9.17, 15) is 0 Å². The average molecular weight is 204 g/mol. The molecule has 0 aromatic rings. The fourth-order valence-corrected chi connectivity index (χ4v) is 2.05. The molecule has 0 unspecified atom stereocenters. The van der Waals surface area contributed by atoms with Crippen molar-refractivity contribution in [3.05, 3.63) is 33.6 Å². The normalized spacial score (nSPS) is 20.4. The van der Waals surface area contributed by atoms with E-state index in [1.807, 2.05) is 14.0 Å². The van der Waals surface area contributed by atoms with E-state index in [0.717, 1.165) is 17.0 Å². The Morgan fingerprint density at radius 2 is 1.53 bits per heavy atom. The molecule has 2 heteroatoms. The lowest BCUT2D eigenvalue weighted by Crippen LogP contribution is -2.20. The van der Waals surface area contributed by atoms with Gasteiger partial charge in [0, 0.05) is 18.3 Å². The van der Waals surface area contributed by atoms with Gasteiger partial charge in [0.25, 0.3) is 0 Å². The van der Waals surface area contributed by atoms with E-state index < -0.39 is 0 Å². The van der Waals surface area contributed by atoms with E-state index in [1.165, 1.54) is 22.3 Å². The fraction of sp³-hybridized carbons (Fsp3) is 0.462.